The van der Waals surface area contributed by atoms with Crippen LogP contribution in [0, 0.1) is 17.8 Å². The lowest BCUT2D eigenvalue weighted by atomic mass is 9.58. The van der Waals surface area contributed by atoms with Gasteiger partial charge < -0.3 is 26.2 Å². The van der Waals surface area contributed by atoms with Crippen LogP contribution in [0.2, 0.25) is 0 Å². The number of aliphatic hydroxyl groups is 3. The first-order valence-corrected chi connectivity index (χ1v) is 13.8. The summed E-state index contributed by atoms with van der Waals surface area (Å²) in [5, 5.41) is 44.7. The first-order chi connectivity index (χ1) is 18.9. The molecule has 0 radical (unpaired) electrons. The minimum absolute atomic E-state index is 0.0229. The molecule has 0 spiro atoms. The molecule has 4 atom stereocenters. The number of primary amides is 1. The van der Waals surface area contributed by atoms with Gasteiger partial charge in [0.25, 0.3) is 5.91 Å². The van der Waals surface area contributed by atoms with Crippen LogP contribution in [0.25, 0.3) is 6.08 Å². The molecule has 3 aliphatic carbocycles. The molecule has 1 saturated heterocycles. The third kappa shape index (κ3) is 4.25. The zero-order chi connectivity index (χ0) is 29.1. The lowest BCUT2D eigenvalue weighted by Crippen LogP contribution is -2.63. The van der Waals surface area contributed by atoms with Crippen molar-refractivity contribution in [1.82, 2.24) is 9.80 Å². The van der Waals surface area contributed by atoms with E-state index in [1.807, 2.05) is 12.2 Å². The summed E-state index contributed by atoms with van der Waals surface area (Å²) in [6.07, 6.45) is 6.64. The largest absolute Gasteiger partial charge is 0.510 e. The van der Waals surface area contributed by atoms with Crippen molar-refractivity contribution in [2.45, 2.75) is 44.2 Å². The third-order valence-electron chi connectivity index (χ3n) is 9.18. The van der Waals surface area contributed by atoms with E-state index in [2.05, 4.69) is 11.8 Å². The van der Waals surface area contributed by atoms with E-state index in [1.54, 1.807) is 25.1 Å². The molecule has 0 aromatic heterocycles. The van der Waals surface area contributed by atoms with Crippen LogP contribution in [0.1, 0.15) is 47.7 Å². The summed E-state index contributed by atoms with van der Waals surface area (Å²) < 4.78 is 0. The molecule has 0 bridgehead atoms. The fraction of sp³-hybridized carbons (Fsp3) is 0.500. The molecule has 1 heterocycles. The predicted octanol–water partition coefficient (Wildman–Crippen LogP) is 1.87. The molecule has 1 fully saturated rings. The Morgan fingerprint density at radius 3 is 2.48 bits per heavy atom. The van der Waals surface area contributed by atoms with Crippen LogP contribution in [0.4, 0.5) is 0 Å². The summed E-state index contributed by atoms with van der Waals surface area (Å²) >= 11 is 0. The van der Waals surface area contributed by atoms with Gasteiger partial charge in [-0.3, -0.25) is 24.2 Å². The number of Topliss-reactive ketones (excluding diaryl/α,β-unsaturated/α-hetero) is 2. The molecule has 0 unspecified atom stereocenters. The van der Waals surface area contributed by atoms with E-state index < -0.39 is 58.0 Å². The number of hydrogen-bond donors (Lipinski definition) is 5. The number of phenols is 1. The highest BCUT2D eigenvalue weighted by Gasteiger charge is 2.63. The Bertz CT molecular complexity index is 1370. The predicted molar refractivity (Wildman–Crippen MR) is 148 cm³/mol. The Balaban J connectivity index is 1.55. The number of fused-ring (bicyclic) bond motifs is 3. The minimum Gasteiger partial charge on any atom is -0.510 e. The lowest BCUT2D eigenvalue weighted by molar-refractivity contribution is -0.148. The number of hydrogen-bond acceptors (Lipinski definition) is 9. The maximum Gasteiger partial charge on any atom is 0.255 e. The van der Waals surface area contributed by atoms with E-state index in [0.29, 0.717) is 5.56 Å². The van der Waals surface area contributed by atoms with Gasteiger partial charge in [-0.15, -0.1) is 0 Å². The van der Waals surface area contributed by atoms with Gasteiger partial charge in [0.15, 0.2) is 11.4 Å². The average molecular weight is 552 g/mol. The van der Waals surface area contributed by atoms with Gasteiger partial charge in [0.2, 0.25) is 5.78 Å². The molecule has 6 N–H and O–H groups in total. The number of amides is 1. The van der Waals surface area contributed by atoms with Gasteiger partial charge in [-0.25, -0.2) is 0 Å². The standard InChI is InChI=1S/C30H37N3O7/c1-15-8-11-33(12-9-15)10-4-5-16-6-7-20(34)22-18(16)13-17-14-19-24(32(2)3)26(36)23(29(31)39)28(38)30(19,40)27(37)21(17)25(22)35/h4-7,15,17,19,24,34,36-37,40H,8-14H2,1-3H3,(H2,31,39)/b5-4+/t17-,19-,24-,30-/m0/s1. The van der Waals surface area contributed by atoms with Crippen molar-refractivity contribution in [3.05, 3.63) is 57.6 Å². The van der Waals surface area contributed by atoms with Gasteiger partial charge in [-0.1, -0.05) is 25.1 Å². The zero-order valence-corrected chi connectivity index (χ0v) is 23.1. The van der Waals surface area contributed by atoms with Crippen LogP contribution < -0.4 is 5.73 Å². The molecular weight excluding hydrogens is 514 g/mol. The van der Waals surface area contributed by atoms with Gasteiger partial charge in [0.05, 0.1) is 11.6 Å². The van der Waals surface area contributed by atoms with Crippen molar-refractivity contribution in [3.63, 3.8) is 0 Å². The Labute approximate surface area is 233 Å². The van der Waals surface area contributed by atoms with E-state index in [9.17, 15) is 34.8 Å². The summed E-state index contributed by atoms with van der Waals surface area (Å²) in [5.41, 5.74) is 3.19. The van der Waals surface area contributed by atoms with Gasteiger partial charge in [0, 0.05) is 18.0 Å². The highest BCUT2D eigenvalue weighted by Crippen LogP contribution is 2.52. The molecule has 0 saturated carbocycles. The number of rotatable bonds is 5. The quantitative estimate of drug-likeness (QED) is 0.344. The molecule has 214 valence electrons. The van der Waals surface area contributed by atoms with E-state index in [0.717, 1.165) is 44.0 Å². The van der Waals surface area contributed by atoms with Gasteiger partial charge in [-0.2, -0.15) is 0 Å². The van der Waals surface area contributed by atoms with Crippen molar-refractivity contribution in [2.24, 2.45) is 23.5 Å². The second-order valence-corrected chi connectivity index (χ2v) is 11.9. The molecule has 10 heteroatoms. The molecule has 5 rings (SSSR count). The lowest BCUT2D eigenvalue weighted by Gasteiger charge is -2.50. The van der Waals surface area contributed by atoms with E-state index in [-0.39, 0.29) is 29.7 Å². The maximum atomic E-state index is 13.8. The number of carbonyl (C=O) groups excluding carboxylic acids is 3. The van der Waals surface area contributed by atoms with E-state index in [4.69, 9.17) is 5.73 Å². The summed E-state index contributed by atoms with van der Waals surface area (Å²) in [4.78, 5) is 43.2. The fourth-order valence-electron chi connectivity index (χ4n) is 7.00. The number of piperidine rings is 1. The normalized spacial score (nSPS) is 29.7. The van der Waals surface area contributed by atoms with E-state index in [1.165, 1.54) is 6.07 Å². The number of nitrogens with two attached hydrogens (primary N) is 1. The van der Waals surface area contributed by atoms with Crippen LogP contribution >= 0.6 is 0 Å². The molecule has 1 aromatic carbocycles. The van der Waals surface area contributed by atoms with Crippen molar-refractivity contribution < 1.29 is 34.8 Å². The van der Waals surface area contributed by atoms with Gasteiger partial charge in [0.1, 0.15) is 22.8 Å². The van der Waals surface area contributed by atoms with E-state index >= 15 is 0 Å². The van der Waals surface area contributed by atoms with Crippen LogP contribution in [0.3, 0.4) is 0 Å². The van der Waals surface area contributed by atoms with Crippen LogP contribution in [-0.4, -0.2) is 93.1 Å². The molecule has 4 aliphatic rings. The average Bonchev–Trinajstić information content (AvgIpc) is 2.88. The number of aromatic hydroxyl groups is 1. The molecule has 10 nitrogen and oxygen atoms in total. The zero-order valence-electron chi connectivity index (χ0n) is 23.1. The second kappa shape index (κ2) is 10.2. The molecule has 40 heavy (non-hydrogen) atoms. The van der Waals surface area contributed by atoms with Crippen molar-refractivity contribution in [1.29, 1.82) is 0 Å². The number of phenolic OH excluding ortho intramolecular Hbond substituents is 1. The minimum atomic E-state index is -2.64. The number of likely N-dealkylation sites (tertiary alicyclic amines) is 1. The van der Waals surface area contributed by atoms with Crippen molar-refractivity contribution >= 4 is 23.5 Å². The summed E-state index contributed by atoms with van der Waals surface area (Å²) in [7, 11) is 3.22. The Morgan fingerprint density at radius 1 is 1.18 bits per heavy atom. The van der Waals surface area contributed by atoms with Crippen LogP contribution in [0.5, 0.6) is 5.75 Å². The third-order valence-corrected chi connectivity index (χ3v) is 9.18. The fourth-order valence-corrected chi connectivity index (χ4v) is 7.00. The summed E-state index contributed by atoms with van der Waals surface area (Å²) in [6.45, 7) is 5.09. The SMILES string of the molecule is CC1CCN(C/C=C/c2ccc(O)c3c2C[C@H]2C[C@H]4[C@H](N(C)C)C(O)=C(C(N)=O)C(=O)[C@@]4(O)C(O)=C2C3=O)CC1. The molecule has 1 aromatic rings. The summed E-state index contributed by atoms with van der Waals surface area (Å²) in [5.74, 6) is -5.76. The monoisotopic (exact) mass is 551 g/mol. The highest BCUT2D eigenvalue weighted by molar-refractivity contribution is 6.24. The Morgan fingerprint density at radius 2 is 1.85 bits per heavy atom. The van der Waals surface area contributed by atoms with Gasteiger partial charge >= 0.3 is 0 Å². The van der Waals surface area contributed by atoms with Crippen LogP contribution in [-0.2, 0) is 16.0 Å². The number of likely N-dealkylation sites (N-methyl/N-ethyl adjacent to an activating group) is 1. The number of carbonyl (C=O) groups is 3. The topological polar surface area (TPSA) is 165 Å². The number of benzene rings is 1. The molecule has 1 aliphatic heterocycles. The number of ketones is 2. The van der Waals surface area contributed by atoms with Gasteiger partial charge in [-0.05, 0) is 81.9 Å². The van der Waals surface area contributed by atoms with Crippen molar-refractivity contribution in [2.75, 3.05) is 33.7 Å². The smallest absolute Gasteiger partial charge is 0.255 e. The second-order valence-electron chi connectivity index (χ2n) is 11.9. The number of nitrogens with zero attached hydrogens (tertiary/aromatic N) is 2. The first-order valence-electron chi connectivity index (χ1n) is 13.8. The Kier molecular flexibility index (Phi) is 7.14. The first kappa shape index (κ1) is 28.1. The van der Waals surface area contributed by atoms with Crippen molar-refractivity contribution in [3.8, 4) is 5.75 Å². The molecule has 1 amide bonds. The molecular formula is C30H37N3O7. The summed E-state index contributed by atoms with van der Waals surface area (Å²) in [6, 6.07) is 2.17. The number of aliphatic hydroxyl groups excluding tert-OH is 2. The maximum absolute atomic E-state index is 13.8. The highest BCUT2D eigenvalue weighted by atomic mass is 16.3. The Hall–Kier alpha value is -3.47. The van der Waals surface area contributed by atoms with Crippen LogP contribution in [0.15, 0.2) is 40.9 Å². The number of allylic oxidation sites excluding steroid dienone is 1.